The van der Waals surface area contributed by atoms with E-state index in [0.717, 1.165) is 40.5 Å². The van der Waals surface area contributed by atoms with Crippen LogP contribution in [0, 0.1) is 0 Å². The van der Waals surface area contributed by atoms with Gasteiger partial charge in [0.05, 0.1) is 22.8 Å². The Bertz CT molecular complexity index is 1700. The van der Waals surface area contributed by atoms with Gasteiger partial charge in [-0.15, -0.1) is 0 Å². The third-order valence-electron chi connectivity index (χ3n) is 7.14. The molecule has 1 heterocycles. The van der Waals surface area contributed by atoms with E-state index in [1.807, 2.05) is 74.5 Å². The molecule has 0 aliphatic carbocycles. The topological polar surface area (TPSA) is 53.7 Å². The summed E-state index contributed by atoms with van der Waals surface area (Å²) in [6, 6.07) is 43.9. The van der Waals surface area contributed by atoms with Crippen LogP contribution in [0.3, 0.4) is 0 Å². The molecule has 0 amide bonds. The summed E-state index contributed by atoms with van der Waals surface area (Å²) in [6.45, 7) is 4.88. The van der Waals surface area contributed by atoms with Gasteiger partial charge in [0.15, 0.2) is 0 Å². The van der Waals surface area contributed by atoms with Crippen molar-refractivity contribution < 1.29 is 0 Å². The molecule has 0 bridgehead atoms. The van der Waals surface area contributed by atoms with E-state index in [1.54, 1.807) is 0 Å². The number of rotatable bonds is 8. The molecule has 40 heavy (non-hydrogen) atoms. The molecule has 6 aromatic rings. The number of hydrogen-bond donors (Lipinski definition) is 2. The van der Waals surface area contributed by atoms with Gasteiger partial charge in [0, 0.05) is 28.4 Å². The Hall–Kier alpha value is -5.16. The SMILES string of the molecule is C/C(=N\Nc1ccccc1)c1ccc2c(c1)c1cc(/C(C)=N/Nc3ccccc3)ccc1n2Cc1ccccc1. The summed E-state index contributed by atoms with van der Waals surface area (Å²) in [5, 5.41) is 11.7. The lowest BCUT2D eigenvalue weighted by atomic mass is 10.0. The maximum Gasteiger partial charge on any atom is 0.0648 e. The van der Waals surface area contributed by atoms with Crippen molar-refractivity contribution in [3.05, 3.63) is 144 Å². The maximum atomic E-state index is 4.66. The monoisotopic (exact) mass is 521 g/mol. The molecule has 5 heteroatoms. The fraction of sp³-hybridized carbons (Fsp3) is 0.0857. The number of nitrogens with one attached hydrogen (secondary N) is 2. The quantitative estimate of drug-likeness (QED) is 0.156. The first-order valence-electron chi connectivity index (χ1n) is 13.5. The molecular weight excluding hydrogens is 490 g/mol. The lowest BCUT2D eigenvalue weighted by molar-refractivity contribution is 0.869. The minimum Gasteiger partial charge on any atom is -0.336 e. The smallest absolute Gasteiger partial charge is 0.0648 e. The molecule has 0 atom stereocenters. The first-order chi connectivity index (χ1) is 19.7. The molecule has 0 spiro atoms. The van der Waals surface area contributed by atoms with Crippen molar-refractivity contribution in [3.63, 3.8) is 0 Å². The molecule has 1 aromatic heterocycles. The van der Waals surface area contributed by atoms with Crippen LogP contribution in [0.2, 0.25) is 0 Å². The summed E-state index contributed by atoms with van der Waals surface area (Å²) in [6.07, 6.45) is 0. The Morgan fingerprint density at radius 3 is 1.43 bits per heavy atom. The van der Waals surface area contributed by atoms with E-state index in [4.69, 9.17) is 0 Å². The molecule has 5 aromatic carbocycles. The molecule has 0 aliphatic heterocycles. The van der Waals surface area contributed by atoms with E-state index in [1.165, 1.54) is 27.4 Å². The fourth-order valence-electron chi connectivity index (χ4n) is 4.94. The standard InChI is InChI=1S/C35H31N5/c1-25(36-38-30-14-8-4-9-15-30)28-18-20-34-32(22-28)33-23-29(26(2)37-39-31-16-10-5-11-17-31)19-21-35(33)40(34)24-27-12-6-3-7-13-27/h3-23,38-39H,24H2,1-2H3/b36-25+,37-26+. The predicted octanol–water partition coefficient (Wildman–Crippen LogP) is 8.52. The molecule has 6 rings (SSSR count). The number of hydrazone groups is 2. The Morgan fingerprint density at radius 1 is 0.550 bits per heavy atom. The zero-order chi connectivity index (χ0) is 27.3. The number of nitrogens with zero attached hydrogens (tertiary/aromatic N) is 3. The van der Waals surface area contributed by atoms with Crippen LogP contribution in [0.25, 0.3) is 21.8 Å². The summed E-state index contributed by atoms with van der Waals surface area (Å²) in [5.41, 5.74) is 16.0. The molecule has 0 saturated carbocycles. The van der Waals surface area contributed by atoms with E-state index in [0.29, 0.717) is 0 Å². The summed E-state index contributed by atoms with van der Waals surface area (Å²) in [4.78, 5) is 0. The number of hydrogen-bond acceptors (Lipinski definition) is 4. The van der Waals surface area contributed by atoms with Crippen LogP contribution in [0.4, 0.5) is 11.4 Å². The Morgan fingerprint density at radius 2 is 0.975 bits per heavy atom. The first kappa shape index (κ1) is 25.1. The number of para-hydroxylation sites is 2. The zero-order valence-electron chi connectivity index (χ0n) is 22.7. The van der Waals surface area contributed by atoms with Crippen molar-refractivity contribution in [1.82, 2.24) is 4.57 Å². The second-order valence-electron chi connectivity index (χ2n) is 9.89. The fourth-order valence-corrected chi connectivity index (χ4v) is 4.94. The lowest BCUT2D eigenvalue weighted by Crippen LogP contribution is -2.01. The van der Waals surface area contributed by atoms with Crippen LogP contribution in [0.15, 0.2) is 138 Å². The predicted molar refractivity (Wildman–Crippen MR) is 170 cm³/mol. The third-order valence-corrected chi connectivity index (χ3v) is 7.14. The van der Waals surface area contributed by atoms with Crippen LogP contribution in [0.5, 0.6) is 0 Å². The van der Waals surface area contributed by atoms with Crippen molar-refractivity contribution in [3.8, 4) is 0 Å². The van der Waals surface area contributed by atoms with E-state index in [9.17, 15) is 0 Å². The molecule has 196 valence electrons. The van der Waals surface area contributed by atoms with Gasteiger partial charge in [0.2, 0.25) is 0 Å². The van der Waals surface area contributed by atoms with Crippen LogP contribution in [-0.4, -0.2) is 16.0 Å². The van der Waals surface area contributed by atoms with Crippen molar-refractivity contribution in [1.29, 1.82) is 0 Å². The van der Waals surface area contributed by atoms with Crippen molar-refractivity contribution >= 4 is 44.6 Å². The van der Waals surface area contributed by atoms with Gasteiger partial charge in [0.1, 0.15) is 0 Å². The number of benzene rings is 5. The second kappa shape index (κ2) is 11.3. The molecule has 5 nitrogen and oxygen atoms in total. The average Bonchev–Trinajstić information content (AvgIpc) is 3.32. The number of anilines is 2. The molecule has 0 fully saturated rings. The van der Waals surface area contributed by atoms with Gasteiger partial charge in [-0.05, 0) is 79.1 Å². The van der Waals surface area contributed by atoms with Gasteiger partial charge in [0.25, 0.3) is 0 Å². The Labute approximate surface area is 234 Å². The van der Waals surface area contributed by atoms with Crippen molar-refractivity contribution in [2.24, 2.45) is 10.2 Å². The zero-order valence-corrected chi connectivity index (χ0v) is 22.7. The average molecular weight is 522 g/mol. The van der Waals surface area contributed by atoms with E-state index >= 15 is 0 Å². The van der Waals surface area contributed by atoms with E-state index in [-0.39, 0.29) is 0 Å². The van der Waals surface area contributed by atoms with Gasteiger partial charge in [-0.2, -0.15) is 10.2 Å². The highest BCUT2D eigenvalue weighted by Gasteiger charge is 2.14. The van der Waals surface area contributed by atoms with Gasteiger partial charge >= 0.3 is 0 Å². The van der Waals surface area contributed by atoms with Crippen molar-refractivity contribution in [2.75, 3.05) is 10.9 Å². The molecule has 2 N–H and O–H groups in total. The largest absolute Gasteiger partial charge is 0.336 e. The third kappa shape index (κ3) is 5.36. The van der Waals surface area contributed by atoms with Crippen LogP contribution in [-0.2, 0) is 6.54 Å². The van der Waals surface area contributed by atoms with Gasteiger partial charge in [-0.25, -0.2) is 0 Å². The highest BCUT2D eigenvalue weighted by Crippen LogP contribution is 2.32. The highest BCUT2D eigenvalue weighted by atomic mass is 15.3. The van der Waals surface area contributed by atoms with E-state index < -0.39 is 0 Å². The molecule has 0 aliphatic rings. The maximum absolute atomic E-state index is 4.66. The highest BCUT2D eigenvalue weighted by molar-refractivity contribution is 6.13. The molecule has 0 saturated heterocycles. The first-order valence-corrected chi connectivity index (χ1v) is 13.5. The summed E-state index contributed by atoms with van der Waals surface area (Å²) in [5.74, 6) is 0. The normalized spacial score (nSPS) is 12.2. The number of aromatic nitrogens is 1. The Balaban J connectivity index is 1.42. The van der Waals surface area contributed by atoms with Crippen molar-refractivity contribution in [2.45, 2.75) is 20.4 Å². The second-order valence-corrected chi connectivity index (χ2v) is 9.89. The molecule has 0 radical (unpaired) electrons. The van der Waals surface area contributed by atoms with Crippen LogP contribution in [0.1, 0.15) is 30.5 Å². The summed E-state index contributed by atoms with van der Waals surface area (Å²) in [7, 11) is 0. The minimum absolute atomic E-state index is 0.796. The van der Waals surface area contributed by atoms with Gasteiger partial charge in [-0.1, -0.05) is 78.9 Å². The van der Waals surface area contributed by atoms with E-state index in [2.05, 4.69) is 92.4 Å². The van der Waals surface area contributed by atoms with Gasteiger partial charge < -0.3 is 4.57 Å². The minimum atomic E-state index is 0.796. The van der Waals surface area contributed by atoms with Gasteiger partial charge in [-0.3, -0.25) is 10.9 Å². The summed E-state index contributed by atoms with van der Waals surface area (Å²) < 4.78 is 2.40. The molecular formula is C35H31N5. The summed E-state index contributed by atoms with van der Waals surface area (Å²) >= 11 is 0. The molecule has 0 unspecified atom stereocenters. The van der Waals surface area contributed by atoms with Crippen LogP contribution < -0.4 is 10.9 Å². The van der Waals surface area contributed by atoms with Crippen LogP contribution >= 0.6 is 0 Å². The lowest BCUT2D eigenvalue weighted by Gasteiger charge is -2.09. The number of fused-ring (bicyclic) bond motifs is 3. The Kier molecular flexibility index (Phi) is 7.10.